The predicted molar refractivity (Wildman–Crippen MR) is 127 cm³/mol. The molecule has 172 valence electrons. The highest BCUT2D eigenvalue weighted by molar-refractivity contribution is 6.05. The number of benzene rings is 1. The van der Waals surface area contributed by atoms with E-state index in [1.807, 2.05) is 23.6 Å². The minimum absolute atomic E-state index is 0.253. The number of pyridine rings is 1. The maximum absolute atomic E-state index is 15.0. The Morgan fingerprint density at radius 1 is 1.42 bits per heavy atom. The van der Waals surface area contributed by atoms with Crippen molar-refractivity contribution in [2.45, 2.75) is 44.9 Å². The van der Waals surface area contributed by atoms with Crippen molar-refractivity contribution < 1.29 is 14.3 Å². The largest absolute Gasteiger partial charge is 0.391 e. The quantitative estimate of drug-likeness (QED) is 0.425. The Morgan fingerprint density at radius 3 is 2.94 bits per heavy atom. The summed E-state index contributed by atoms with van der Waals surface area (Å²) in [4.78, 5) is 17.3. The number of aromatic nitrogens is 2. The fraction of sp³-hybridized carbons (Fsp3) is 0.320. The third kappa shape index (κ3) is 4.80. The molecule has 1 fully saturated rings. The normalized spacial score (nSPS) is 18.5. The van der Waals surface area contributed by atoms with Crippen LogP contribution in [0.5, 0.6) is 0 Å². The summed E-state index contributed by atoms with van der Waals surface area (Å²) in [6.07, 6.45) is 6.92. The minimum atomic E-state index is -0.526. The summed E-state index contributed by atoms with van der Waals surface area (Å²) in [5.41, 5.74) is 3.83. The predicted octanol–water partition coefficient (Wildman–Crippen LogP) is 3.78. The molecule has 2 heterocycles. The molecule has 0 bridgehead atoms. The fourth-order valence-corrected chi connectivity index (χ4v) is 4.27. The van der Waals surface area contributed by atoms with Gasteiger partial charge in [-0.05, 0) is 55.5 Å². The summed E-state index contributed by atoms with van der Waals surface area (Å²) in [5.74, 6) is -0.611. The number of hydrazone groups is 1. The molecular weight excluding hydrogens is 421 g/mol. The van der Waals surface area contributed by atoms with Crippen molar-refractivity contribution in [3.05, 3.63) is 71.4 Å². The average Bonchev–Trinajstić information content (AvgIpc) is 3.38. The van der Waals surface area contributed by atoms with Gasteiger partial charge in [0, 0.05) is 37.9 Å². The van der Waals surface area contributed by atoms with Crippen LogP contribution in [0.25, 0.3) is 16.6 Å². The Hall–Kier alpha value is -3.52. The van der Waals surface area contributed by atoms with Crippen LogP contribution in [0.3, 0.4) is 0 Å². The van der Waals surface area contributed by atoms with Crippen LogP contribution in [0.4, 0.5) is 4.39 Å². The molecule has 1 amide bonds. The molecule has 0 saturated heterocycles. The molecule has 7 nitrogen and oxygen atoms in total. The number of hydrogen-bond acceptors (Lipinski definition) is 5. The summed E-state index contributed by atoms with van der Waals surface area (Å²) in [5, 5.41) is 18.3. The van der Waals surface area contributed by atoms with Crippen LogP contribution in [-0.4, -0.2) is 51.5 Å². The molecule has 33 heavy (non-hydrogen) atoms. The highest BCUT2D eigenvalue weighted by Crippen LogP contribution is 2.25. The highest BCUT2D eigenvalue weighted by Gasteiger charge is 2.28. The summed E-state index contributed by atoms with van der Waals surface area (Å²) in [6.45, 7) is 5.60. The van der Waals surface area contributed by atoms with Crippen LogP contribution in [0.2, 0.25) is 0 Å². The van der Waals surface area contributed by atoms with E-state index in [0.717, 1.165) is 29.5 Å². The molecule has 2 atom stereocenters. The SMILES string of the molecule is C=NN(C)/C=C(\C)c1ccc(Cn2cc(C(=O)N[C@H]3CCC[C@@H]3O)c3ncccc32)c(F)c1. The first kappa shape index (κ1) is 22.7. The molecular formula is C25H28FN5O2. The van der Waals surface area contributed by atoms with Crippen LogP contribution >= 0.6 is 0 Å². The molecule has 2 N–H and O–H groups in total. The van der Waals surface area contributed by atoms with E-state index in [-0.39, 0.29) is 24.3 Å². The van der Waals surface area contributed by atoms with Gasteiger partial charge in [0.05, 0.1) is 29.8 Å². The number of nitrogens with one attached hydrogen (secondary N) is 1. The van der Waals surface area contributed by atoms with Crippen LogP contribution in [0.15, 0.2) is 54.0 Å². The maximum Gasteiger partial charge on any atom is 0.255 e. The lowest BCUT2D eigenvalue weighted by Crippen LogP contribution is -2.39. The van der Waals surface area contributed by atoms with Crippen molar-refractivity contribution in [3.8, 4) is 0 Å². The molecule has 2 aromatic heterocycles. The van der Waals surface area contributed by atoms with E-state index in [2.05, 4.69) is 22.1 Å². The lowest BCUT2D eigenvalue weighted by molar-refractivity contribution is 0.0874. The molecule has 0 radical (unpaired) electrons. The first-order valence-electron chi connectivity index (χ1n) is 11.0. The number of aliphatic hydroxyl groups excluding tert-OH is 1. The van der Waals surface area contributed by atoms with Gasteiger partial charge in [-0.25, -0.2) is 4.39 Å². The van der Waals surface area contributed by atoms with Crippen molar-refractivity contribution >= 4 is 29.2 Å². The first-order valence-corrected chi connectivity index (χ1v) is 11.0. The Kier molecular flexibility index (Phi) is 6.55. The van der Waals surface area contributed by atoms with E-state index in [4.69, 9.17) is 0 Å². The van der Waals surface area contributed by atoms with Gasteiger partial charge in [0.25, 0.3) is 5.91 Å². The van der Waals surface area contributed by atoms with Gasteiger partial charge in [0.2, 0.25) is 0 Å². The molecule has 0 spiro atoms. The second-order valence-electron chi connectivity index (χ2n) is 8.45. The number of carbonyl (C=O) groups is 1. The van der Waals surface area contributed by atoms with Crippen molar-refractivity contribution in [2.75, 3.05) is 7.05 Å². The van der Waals surface area contributed by atoms with Gasteiger partial charge in [-0.2, -0.15) is 5.10 Å². The first-order chi connectivity index (χ1) is 15.9. The van der Waals surface area contributed by atoms with E-state index in [1.54, 1.807) is 42.8 Å². The molecule has 1 aliphatic carbocycles. The molecule has 4 rings (SSSR count). The number of amides is 1. The Morgan fingerprint density at radius 2 is 2.24 bits per heavy atom. The molecule has 0 unspecified atom stereocenters. The molecule has 3 aromatic rings. The van der Waals surface area contributed by atoms with Crippen LogP contribution in [-0.2, 0) is 6.54 Å². The zero-order chi connectivity index (χ0) is 23.5. The zero-order valence-electron chi connectivity index (χ0n) is 18.8. The van der Waals surface area contributed by atoms with Gasteiger partial charge >= 0.3 is 0 Å². The summed E-state index contributed by atoms with van der Waals surface area (Å²) in [6, 6.07) is 8.51. The standard InChI is InChI=1S/C25H28FN5O2/c1-16(13-30(3)27-2)17-9-10-18(20(26)12-17)14-31-15-19(24-22(31)7-5-11-28-24)25(33)29-21-6-4-8-23(21)32/h5,7,9-13,15,21,23,32H,2,4,6,8,14H2,1,3H3,(H,29,33)/b16-13+/t21-,23-/m0/s1. The zero-order valence-corrected chi connectivity index (χ0v) is 18.8. The van der Waals surface area contributed by atoms with E-state index < -0.39 is 6.10 Å². The molecule has 8 heteroatoms. The van der Waals surface area contributed by atoms with Gasteiger partial charge < -0.3 is 15.0 Å². The van der Waals surface area contributed by atoms with Crippen molar-refractivity contribution in [3.63, 3.8) is 0 Å². The smallest absolute Gasteiger partial charge is 0.255 e. The summed E-state index contributed by atoms with van der Waals surface area (Å²) >= 11 is 0. The highest BCUT2D eigenvalue weighted by atomic mass is 19.1. The maximum atomic E-state index is 15.0. The van der Waals surface area contributed by atoms with Crippen LogP contribution in [0.1, 0.15) is 47.7 Å². The second kappa shape index (κ2) is 9.54. The third-order valence-corrected chi connectivity index (χ3v) is 6.13. The lowest BCUT2D eigenvalue weighted by Gasteiger charge is -2.15. The average molecular weight is 450 g/mol. The number of halogens is 1. The number of fused-ring (bicyclic) bond motifs is 1. The molecule has 0 aliphatic heterocycles. The van der Waals surface area contributed by atoms with Gasteiger partial charge in [0.1, 0.15) is 11.3 Å². The van der Waals surface area contributed by atoms with E-state index in [9.17, 15) is 14.3 Å². The van der Waals surface area contributed by atoms with Crippen LogP contribution < -0.4 is 5.32 Å². The number of nitrogens with zero attached hydrogens (tertiary/aromatic N) is 4. The van der Waals surface area contributed by atoms with E-state index >= 15 is 0 Å². The summed E-state index contributed by atoms with van der Waals surface area (Å²) in [7, 11) is 1.76. The van der Waals surface area contributed by atoms with Crippen molar-refractivity contribution in [2.24, 2.45) is 5.10 Å². The number of rotatable bonds is 7. The lowest BCUT2D eigenvalue weighted by atomic mass is 10.1. The minimum Gasteiger partial charge on any atom is -0.391 e. The van der Waals surface area contributed by atoms with Crippen molar-refractivity contribution in [1.82, 2.24) is 19.9 Å². The molecule has 1 aliphatic rings. The Bertz CT molecular complexity index is 1220. The van der Waals surface area contributed by atoms with Gasteiger partial charge in [-0.3, -0.25) is 14.8 Å². The Labute approximate surface area is 192 Å². The topological polar surface area (TPSA) is 82.8 Å². The third-order valence-electron chi connectivity index (χ3n) is 6.13. The van der Waals surface area contributed by atoms with Crippen LogP contribution in [0, 0.1) is 5.82 Å². The van der Waals surface area contributed by atoms with Gasteiger partial charge in [-0.1, -0.05) is 12.1 Å². The van der Waals surface area contributed by atoms with Gasteiger partial charge in [-0.15, -0.1) is 0 Å². The fourth-order valence-electron chi connectivity index (χ4n) is 4.27. The Balaban J connectivity index is 1.61. The number of aliphatic hydroxyl groups is 1. The number of allylic oxidation sites excluding steroid dienone is 1. The number of hydrogen-bond donors (Lipinski definition) is 2. The van der Waals surface area contributed by atoms with E-state index in [0.29, 0.717) is 23.1 Å². The van der Waals surface area contributed by atoms with Gasteiger partial charge in [0.15, 0.2) is 0 Å². The second-order valence-corrected chi connectivity index (χ2v) is 8.45. The van der Waals surface area contributed by atoms with E-state index in [1.165, 1.54) is 6.07 Å². The summed E-state index contributed by atoms with van der Waals surface area (Å²) < 4.78 is 16.8. The molecule has 1 saturated carbocycles. The van der Waals surface area contributed by atoms with Crippen molar-refractivity contribution in [1.29, 1.82) is 0 Å². The number of carbonyl (C=O) groups excluding carboxylic acids is 1. The molecule has 1 aromatic carbocycles. The monoisotopic (exact) mass is 449 g/mol.